The maximum Gasteiger partial charge on any atom is 0.261 e. The number of carbonyl (C=O) groups excluding carboxylic acids is 1. The molecule has 0 spiro atoms. The molecule has 128 valence electrons. The highest BCUT2D eigenvalue weighted by molar-refractivity contribution is 6.30. The molecular weight excluding hydrogens is 330 g/mol. The van der Waals surface area contributed by atoms with Crippen molar-refractivity contribution in [2.24, 2.45) is 0 Å². The second-order valence-corrected chi connectivity index (χ2v) is 6.23. The number of halogens is 1. The molecule has 1 aliphatic heterocycles. The van der Waals surface area contributed by atoms with Crippen LogP contribution in [0.4, 0.5) is 5.82 Å². The number of amides is 1. The first-order valence-electron chi connectivity index (χ1n) is 7.91. The Bertz CT molecular complexity index is 714. The highest BCUT2D eigenvalue weighted by Gasteiger charge is 2.34. The summed E-state index contributed by atoms with van der Waals surface area (Å²) in [5.74, 6) is 0.830. The van der Waals surface area contributed by atoms with E-state index in [1.165, 1.54) is 0 Å². The lowest BCUT2D eigenvalue weighted by atomic mass is 10.0. The van der Waals surface area contributed by atoms with E-state index < -0.39 is 0 Å². The van der Waals surface area contributed by atoms with Crippen LogP contribution in [0.25, 0.3) is 11.3 Å². The van der Waals surface area contributed by atoms with Crippen LogP contribution in [0.1, 0.15) is 23.7 Å². The molecule has 0 radical (unpaired) electrons. The number of anilines is 1. The molecule has 6 nitrogen and oxygen atoms in total. The Balaban J connectivity index is 1.95. The molecule has 24 heavy (non-hydrogen) atoms. The van der Waals surface area contributed by atoms with Crippen molar-refractivity contribution in [2.75, 3.05) is 32.1 Å². The van der Waals surface area contributed by atoms with Gasteiger partial charge in [0.1, 0.15) is 5.56 Å². The Morgan fingerprint density at radius 3 is 2.79 bits per heavy atom. The van der Waals surface area contributed by atoms with E-state index in [-0.39, 0.29) is 11.9 Å². The van der Waals surface area contributed by atoms with Gasteiger partial charge in [0, 0.05) is 36.8 Å². The predicted molar refractivity (Wildman–Crippen MR) is 92.4 cm³/mol. The normalized spacial score (nSPS) is 16.8. The number of methoxy groups -OCH3 is 1. The molecule has 1 aromatic heterocycles. The molecule has 2 aromatic rings. The summed E-state index contributed by atoms with van der Waals surface area (Å²) in [6.07, 6.45) is 1.01. The molecule has 1 aromatic carbocycles. The third-order valence-electron chi connectivity index (χ3n) is 4.19. The van der Waals surface area contributed by atoms with Gasteiger partial charge >= 0.3 is 0 Å². The van der Waals surface area contributed by atoms with Gasteiger partial charge in [-0.1, -0.05) is 16.8 Å². The summed E-state index contributed by atoms with van der Waals surface area (Å²) in [4.78, 5) is 14.8. The van der Waals surface area contributed by atoms with Crippen LogP contribution in [-0.2, 0) is 4.74 Å². The van der Waals surface area contributed by atoms with Crippen LogP contribution in [0.3, 0.4) is 0 Å². The molecule has 0 saturated carbocycles. The first-order valence-corrected chi connectivity index (χ1v) is 8.29. The molecule has 1 fully saturated rings. The molecule has 3 rings (SSSR count). The maximum atomic E-state index is 12.9. The number of nitrogens with zero attached hydrogens (tertiary/aromatic N) is 2. The Kier molecular flexibility index (Phi) is 5.06. The summed E-state index contributed by atoms with van der Waals surface area (Å²) in [7, 11) is 1.62. The van der Waals surface area contributed by atoms with Crippen LogP contribution in [0.2, 0.25) is 5.02 Å². The fraction of sp³-hybridized carbons (Fsp3) is 0.412. The zero-order chi connectivity index (χ0) is 17.1. The minimum Gasteiger partial charge on any atom is -0.383 e. The van der Waals surface area contributed by atoms with Crippen molar-refractivity contribution in [1.29, 1.82) is 0 Å². The van der Waals surface area contributed by atoms with E-state index in [9.17, 15) is 4.79 Å². The fourth-order valence-electron chi connectivity index (χ4n) is 2.64. The minimum absolute atomic E-state index is 0.0696. The number of benzene rings is 1. The van der Waals surface area contributed by atoms with Crippen molar-refractivity contribution in [2.45, 2.75) is 19.4 Å². The summed E-state index contributed by atoms with van der Waals surface area (Å²) in [5.41, 5.74) is 1.23. The van der Waals surface area contributed by atoms with Gasteiger partial charge in [-0.15, -0.1) is 0 Å². The van der Waals surface area contributed by atoms with Crippen molar-refractivity contribution >= 4 is 23.3 Å². The highest BCUT2D eigenvalue weighted by atomic mass is 35.5. The van der Waals surface area contributed by atoms with Gasteiger partial charge in [-0.05, 0) is 37.6 Å². The number of nitrogens with one attached hydrogen (secondary N) is 1. The van der Waals surface area contributed by atoms with Crippen LogP contribution in [0.5, 0.6) is 0 Å². The number of carbonyl (C=O) groups is 1. The molecule has 1 aliphatic rings. The summed E-state index contributed by atoms with van der Waals surface area (Å²) < 4.78 is 10.5. The van der Waals surface area contributed by atoms with E-state index in [0.717, 1.165) is 18.5 Å². The summed E-state index contributed by atoms with van der Waals surface area (Å²) >= 11 is 5.94. The average molecular weight is 350 g/mol. The van der Waals surface area contributed by atoms with Crippen molar-refractivity contribution in [3.05, 3.63) is 34.9 Å². The third kappa shape index (κ3) is 3.25. The van der Waals surface area contributed by atoms with E-state index in [1.54, 1.807) is 19.2 Å². The summed E-state index contributed by atoms with van der Waals surface area (Å²) in [5, 5.41) is 7.79. The van der Waals surface area contributed by atoms with E-state index >= 15 is 0 Å². The quantitative estimate of drug-likeness (QED) is 0.810. The van der Waals surface area contributed by atoms with E-state index in [1.807, 2.05) is 24.0 Å². The number of ether oxygens (including phenoxy) is 1. The molecule has 1 amide bonds. The van der Waals surface area contributed by atoms with E-state index in [4.69, 9.17) is 20.9 Å². The van der Waals surface area contributed by atoms with Gasteiger partial charge in [0.2, 0.25) is 0 Å². The topological polar surface area (TPSA) is 67.6 Å². The smallest absolute Gasteiger partial charge is 0.261 e. The second kappa shape index (κ2) is 7.23. The molecule has 7 heteroatoms. The maximum absolute atomic E-state index is 12.9. The first kappa shape index (κ1) is 16.8. The molecule has 1 atom stereocenters. The average Bonchev–Trinajstić information content (AvgIpc) is 2.98. The molecular formula is C17H20ClN3O3. The lowest BCUT2D eigenvalue weighted by molar-refractivity contribution is 0.0503. The third-order valence-corrected chi connectivity index (χ3v) is 4.44. The fourth-order valence-corrected chi connectivity index (χ4v) is 2.77. The lowest BCUT2D eigenvalue weighted by Gasteiger charge is -2.38. The van der Waals surface area contributed by atoms with Crippen LogP contribution in [0.15, 0.2) is 28.8 Å². The molecule has 0 aliphatic carbocycles. The highest BCUT2D eigenvalue weighted by Crippen LogP contribution is 2.33. The van der Waals surface area contributed by atoms with Crippen LogP contribution in [0, 0.1) is 0 Å². The van der Waals surface area contributed by atoms with Gasteiger partial charge in [-0.25, -0.2) is 0 Å². The standard InChI is InChI=1S/C17H20ClN3O3/c1-11-7-9-21(11)17(22)14-15(12-3-5-13(18)6-4-12)24-20-16(14)19-8-10-23-2/h3-6,11H,7-10H2,1-2H3,(H,19,20). The van der Waals surface area contributed by atoms with Crippen molar-refractivity contribution in [3.8, 4) is 11.3 Å². The molecule has 1 N–H and O–H groups in total. The summed E-state index contributed by atoms with van der Waals surface area (Å²) in [6, 6.07) is 7.39. The predicted octanol–water partition coefficient (Wildman–Crippen LogP) is 3.29. The summed E-state index contributed by atoms with van der Waals surface area (Å²) in [6.45, 7) is 3.84. The van der Waals surface area contributed by atoms with E-state index in [2.05, 4.69) is 10.5 Å². The Labute approximate surface area is 145 Å². The van der Waals surface area contributed by atoms with Crippen LogP contribution < -0.4 is 5.32 Å². The van der Waals surface area contributed by atoms with Gasteiger partial charge in [0.05, 0.1) is 6.61 Å². The monoisotopic (exact) mass is 349 g/mol. The van der Waals surface area contributed by atoms with Crippen molar-refractivity contribution < 1.29 is 14.1 Å². The number of aromatic nitrogens is 1. The molecule has 2 heterocycles. The number of hydrogen-bond acceptors (Lipinski definition) is 5. The Morgan fingerprint density at radius 1 is 1.46 bits per heavy atom. The molecule has 1 unspecified atom stereocenters. The van der Waals surface area contributed by atoms with Gasteiger partial charge in [-0.2, -0.15) is 0 Å². The van der Waals surface area contributed by atoms with Crippen molar-refractivity contribution in [3.63, 3.8) is 0 Å². The van der Waals surface area contributed by atoms with Crippen LogP contribution in [-0.4, -0.2) is 48.8 Å². The van der Waals surface area contributed by atoms with Gasteiger partial charge in [0.25, 0.3) is 5.91 Å². The zero-order valence-corrected chi connectivity index (χ0v) is 14.5. The van der Waals surface area contributed by atoms with Crippen molar-refractivity contribution in [1.82, 2.24) is 10.1 Å². The lowest BCUT2D eigenvalue weighted by Crippen LogP contribution is -2.49. The molecule has 0 bridgehead atoms. The van der Waals surface area contributed by atoms with Gasteiger partial charge in [0.15, 0.2) is 11.6 Å². The first-order chi connectivity index (χ1) is 11.6. The van der Waals surface area contributed by atoms with Crippen LogP contribution >= 0.6 is 11.6 Å². The SMILES string of the molecule is COCCNc1noc(-c2ccc(Cl)cc2)c1C(=O)N1CCC1C. The zero-order valence-electron chi connectivity index (χ0n) is 13.7. The Hall–Kier alpha value is -2.05. The van der Waals surface area contributed by atoms with Gasteiger partial charge < -0.3 is 19.5 Å². The Morgan fingerprint density at radius 2 is 2.21 bits per heavy atom. The largest absolute Gasteiger partial charge is 0.383 e. The van der Waals surface area contributed by atoms with Gasteiger partial charge in [-0.3, -0.25) is 4.79 Å². The second-order valence-electron chi connectivity index (χ2n) is 5.80. The van der Waals surface area contributed by atoms with E-state index in [0.29, 0.717) is 35.3 Å². The molecule has 1 saturated heterocycles. The number of rotatable bonds is 6. The number of likely N-dealkylation sites (tertiary alicyclic amines) is 1. The minimum atomic E-state index is -0.0696. The number of hydrogen-bond donors (Lipinski definition) is 1.